The summed E-state index contributed by atoms with van der Waals surface area (Å²) in [5, 5.41) is 0. The zero-order valence-corrected chi connectivity index (χ0v) is 5.27. The molecule has 1 aliphatic rings. The van der Waals surface area contributed by atoms with E-state index in [1.807, 2.05) is 0 Å². The largest absolute Gasteiger partial charge is 0.340 e. The van der Waals surface area contributed by atoms with E-state index in [-0.39, 0.29) is 5.91 Å². The van der Waals surface area contributed by atoms with Crippen LogP contribution in [0.25, 0.3) is 0 Å². The number of nitrogens with zero attached hydrogens (tertiary/aromatic N) is 1. The number of alkyl halides is 1. The first-order valence-corrected chi connectivity index (χ1v) is 3.18. The van der Waals surface area contributed by atoms with Crippen LogP contribution < -0.4 is 0 Å². The molecule has 0 atom stereocenters. The monoisotopic (exact) mass is 131 g/mol. The van der Waals surface area contributed by atoms with Crippen molar-refractivity contribution in [3.63, 3.8) is 0 Å². The molecule has 0 unspecified atom stereocenters. The van der Waals surface area contributed by atoms with Crippen molar-refractivity contribution >= 4 is 5.91 Å². The molecule has 0 N–H and O–H groups in total. The predicted molar refractivity (Wildman–Crippen MR) is 31.8 cm³/mol. The van der Waals surface area contributed by atoms with Gasteiger partial charge >= 0.3 is 0 Å². The van der Waals surface area contributed by atoms with Crippen LogP contribution in [0.4, 0.5) is 4.39 Å². The molecule has 1 fully saturated rings. The molecule has 2 nitrogen and oxygen atoms in total. The number of carbonyl (C=O) groups excluding carboxylic acids is 1. The van der Waals surface area contributed by atoms with E-state index in [1.54, 1.807) is 4.90 Å². The van der Waals surface area contributed by atoms with Crippen LogP contribution in [0.5, 0.6) is 0 Å². The van der Waals surface area contributed by atoms with Crippen LogP contribution in [-0.2, 0) is 4.79 Å². The topological polar surface area (TPSA) is 20.3 Å². The minimum atomic E-state index is -0.411. The maximum atomic E-state index is 11.6. The van der Waals surface area contributed by atoms with Gasteiger partial charge < -0.3 is 4.90 Å². The Morgan fingerprint density at radius 1 is 1.67 bits per heavy atom. The van der Waals surface area contributed by atoms with Gasteiger partial charge in [0.05, 0.1) is 0 Å². The standard InChI is InChI=1S/C6H10FNO/c7-3-5-8-4-1-2-6(8)9/h1-5H2. The summed E-state index contributed by atoms with van der Waals surface area (Å²) >= 11 is 0. The molecule has 0 spiro atoms. The van der Waals surface area contributed by atoms with E-state index >= 15 is 0 Å². The summed E-state index contributed by atoms with van der Waals surface area (Å²) in [4.78, 5) is 12.3. The Bertz CT molecular complexity index is 116. The molecule has 0 bridgehead atoms. The fraction of sp³-hybridized carbons (Fsp3) is 0.833. The zero-order chi connectivity index (χ0) is 6.69. The molecule has 0 aliphatic carbocycles. The molecule has 0 saturated carbocycles. The van der Waals surface area contributed by atoms with Gasteiger partial charge in [-0.05, 0) is 6.42 Å². The number of hydrogen-bond donors (Lipinski definition) is 0. The van der Waals surface area contributed by atoms with Crippen LogP contribution in [0.2, 0.25) is 0 Å². The van der Waals surface area contributed by atoms with Crippen molar-refractivity contribution in [3.05, 3.63) is 0 Å². The highest BCUT2D eigenvalue weighted by Crippen LogP contribution is 2.07. The van der Waals surface area contributed by atoms with Gasteiger partial charge in [-0.3, -0.25) is 4.79 Å². The molecule has 0 radical (unpaired) electrons. The van der Waals surface area contributed by atoms with Gasteiger partial charge in [0.2, 0.25) is 5.91 Å². The molecule has 9 heavy (non-hydrogen) atoms. The number of carbonyl (C=O) groups is 1. The van der Waals surface area contributed by atoms with Gasteiger partial charge in [0.15, 0.2) is 0 Å². The average Bonchev–Trinajstić information content (AvgIpc) is 2.18. The Kier molecular flexibility index (Phi) is 2.03. The summed E-state index contributed by atoms with van der Waals surface area (Å²) in [6.45, 7) is 0.632. The van der Waals surface area contributed by atoms with Crippen molar-refractivity contribution in [1.82, 2.24) is 4.90 Å². The van der Waals surface area contributed by atoms with Crippen LogP contribution in [0.15, 0.2) is 0 Å². The SMILES string of the molecule is O=C1CCCN1CCF. The smallest absolute Gasteiger partial charge is 0.222 e. The third-order valence-electron chi connectivity index (χ3n) is 1.53. The highest BCUT2D eigenvalue weighted by molar-refractivity contribution is 5.77. The predicted octanol–water partition coefficient (Wildman–Crippen LogP) is 0.578. The molecule has 0 aromatic heterocycles. The zero-order valence-electron chi connectivity index (χ0n) is 5.27. The molecule has 1 aliphatic heterocycles. The van der Waals surface area contributed by atoms with Crippen molar-refractivity contribution in [2.24, 2.45) is 0 Å². The first-order valence-electron chi connectivity index (χ1n) is 3.18. The third-order valence-corrected chi connectivity index (χ3v) is 1.53. The van der Waals surface area contributed by atoms with Crippen molar-refractivity contribution in [2.75, 3.05) is 19.8 Å². The maximum absolute atomic E-state index is 11.6. The Morgan fingerprint density at radius 3 is 2.89 bits per heavy atom. The normalized spacial score (nSPS) is 19.2. The van der Waals surface area contributed by atoms with Gasteiger partial charge in [-0.1, -0.05) is 0 Å². The molecular weight excluding hydrogens is 121 g/mol. The van der Waals surface area contributed by atoms with Crippen LogP contribution in [0.3, 0.4) is 0 Å². The first-order chi connectivity index (χ1) is 4.34. The number of hydrogen-bond acceptors (Lipinski definition) is 1. The lowest BCUT2D eigenvalue weighted by atomic mass is 10.4. The van der Waals surface area contributed by atoms with Gasteiger partial charge in [-0.2, -0.15) is 0 Å². The van der Waals surface area contributed by atoms with Crippen molar-refractivity contribution in [1.29, 1.82) is 0 Å². The van der Waals surface area contributed by atoms with Gasteiger partial charge in [0.1, 0.15) is 6.67 Å². The lowest BCUT2D eigenvalue weighted by Crippen LogP contribution is -2.26. The number of likely N-dealkylation sites (tertiary alicyclic amines) is 1. The average molecular weight is 131 g/mol. The van der Waals surface area contributed by atoms with E-state index in [0.717, 1.165) is 13.0 Å². The molecule has 1 heterocycles. The summed E-state index contributed by atoms with van der Waals surface area (Å²) in [5.74, 6) is 0.104. The molecular formula is C6H10FNO. The van der Waals surface area contributed by atoms with Gasteiger partial charge in [0, 0.05) is 19.5 Å². The van der Waals surface area contributed by atoms with E-state index in [2.05, 4.69) is 0 Å². The van der Waals surface area contributed by atoms with Crippen LogP contribution >= 0.6 is 0 Å². The molecule has 3 heteroatoms. The van der Waals surface area contributed by atoms with Crippen molar-refractivity contribution < 1.29 is 9.18 Å². The quantitative estimate of drug-likeness (QED) is 0.536. The lowest BCUT2D eigenvalue weighted by Gasteiger charge is -2.11. The molecule has 1 saturated heterocycles. The summed E-state index contributed by atoms with van der Waals surface area (Å²) in [7, 11) is 0. The summed E-state index contributed by atoms with van der Waals surface area (Å²) in [6.07, 6.45) is 1.51. The number of amides is 1. The fourth-order valence-corrected chi connectivity index (χ4v) is 1.04. The number of rotatable bonds is 2. The number of halogens is 1. The molecule has 0 aromatic carbocycles. The minimum Gasteiger partial charge on any atom is -0.340 e. The maximum Gasteiger partial charge on any atom is 0.222 e. The molecule has 1 amide bonds. The van der Waals surface area contributed by atoms with Crippen LogP contribution in [0.1, 0.15) is 12.8 Å². The minimum absolute atomic E-state index is 0.104. The summed E-state index contributed by atoms with van der Waals surface area (Å²) in [6, 6.07) is 0. The van der Waals surface area contributed by atoms with Crippen LogP contribution in [-0.4, -0.2) is 30.6 Å². The van der Waals surface area contributed by atoms with E-state index in [4.69, 9.17) is 0 Å². The highest BCUT2D eigenvalue weighted by atomic mass is 19.1. The van der Waals surface area contributed by atoms with E-state index in [1.165, 1.54) is 0 Å². The highest BCUT2D eigenvalue weighted by Gasteiger charge is 2.18. The molecule has 1 rings (SSSR count). The lowest BCUT2D eigenvalue weighted by molar-refractivity contribution is -0.127. The summed E-state index contributed by atoms with van der Waals surface area (Å²) < 4.78 is 11.6. The van der Waals surface area contributed by atoms with Gasteiger partial charge in [-0.25, -0.2) is 4.39 Å². The fourth-order valence-electron chi connectivity index (χ4n) is 1.04. The van der Waals surface area contributed by atoms with Gasteiger partial charge in [-0.15, -0.1) is 0 Å². The van der Waals surface area contributed by atoms with Crippen molar-refractivity contribution in [3.8, 4) is 0 Å². The second kappa shape index (κ2) is 2.80. The molecule has 52 valence electrons. The molecule has 0 aromatic rings. The second-order valence-electron chi connectivity index (χ2n) is 2.17. The van der Waals surface area contributed by atoms with E-state index < -0.39 is 6.67 Å². The van der Waals surface area contributed by atoms with E-state index in [9.17, 15) is 9.18 Å². The van der Waals surface area contributed by atoms with E-state index in [0.29, 0.717) is 13.0 Å². The summed E-state index contributed by atoms with van der Waals surface area (Å²) in [5.41, 5.74) is 0. The second-order valence-corrected chi connectivity index (χ2v) is 2.17. The first kappa shape index (κ1) is 6.52. The Labute approximate surface area is 53.6 Å². The Hall–Kier alpha value is -0.600. The Morgan fingerprint density at radius 2 is 2.44 bits per heavy atom. The van der Waals surface area contributed by atoms with Crippen molar-refractivity contribution in [2.45, 2.75) is 12.8 Å². The Balaban J connectivity index is 2.31. The van der Waals surface area contributed by atoms with Gasteiger partial charge in [0.25, 0.3) is 0 Å². The van der Waals surface area contributed by atoms with Crippen LogP contribution in [0, 0.1) is 0 Å². The third kappa shape index (κ3) is 1.40.